The summed E-state index contributed by atoms with van der Waals surface area (Å²) in [6.45, 7) is 3.89. The van der Waals surface area contributed by atoms with E-state index >= 15 is 0 Å². The summed E-state index contributed by atoms with van der Waals surface area (Å²) in [5, 5.41) is 2.07. The average Bonchev–Trinajstić information content (AvgIpc) is 3.09. The van der Waals surface area contributed by atoms with Gasteiger partial charge < -0.3 is 9.64 Å². The third-order valence-corrected chi connectivity index (χ3v) is 4.23. The molecule has 0 saturated heterocycles. The van der Waals surface area contributed by atoms with Gasteiger partial charge in [0.15, 0.2) is 6.29 Å². The third-order valence-electron chi connectivity index (χ3n) is 3.39. The van der Waals surface area contributed by atoms with Gasteiger partial charge >= 0.3 is 0 Å². The standard InChI is InChI=1S/C13H19NO2S/c1-10(11-3-4-11)14(5-6-16-2)12-7-13(8-15)17-9-12/h7-11H,3-6H2,1-2H3. The Labute approximate surface area is 106 Å². The Kier molecular flexibility index (Phi) is 4.18. The van der Waals surface area contributed by atoms with Gasteiger partial charge in [-0.25, -0.2) is 0 Å². The predicted molar refractivity (Wildman–Crippen MR) is 71.1 cm³/mol. The Balaban J connectivity index is 2.09. The molecule has 3 nitrogen and oxygen atoms in total. The first-order valence-corrected chi connectivity index (χ1v) is 6.93. The summed E-state index contributed by atoms with van der Waals surface area (Å²) in [5.41, 5.74) is 1.16. The second kappa shape index (κ2) is 5.65. The monoisotopic (exact) mass is 253 g/mol. The zero-order chi connectivity index (χ0) is 12.3. The number of thiophene rings is 1. The van der Waals surface area contributed by atoms with Crippen LogP contribution >= 0.6 is 11.3 Å². The van der Waals surface area contributed by atoms with Crippen molar-refractivity contribution in [3.8, 4) is 0 Å². The molecular weight excluding hydrogens is 234 g/mol. The summed E-state index contributed by atoms with van der Waals surface area (Å²) in [4.78, 5) is 13.9. The van der Waals surface area contributed by atoms with E-state index in [1.165, 1.54) is 24.2 Å². The largest absolute Gasteiger partial charge is 0.383 e. The molecule has 0 aliphatic heterocycles. The first-order valence-electron chi connectivity index (χ1n) is 6.05. The molecule has 2 rings (SSSR count). The molecule has 0 N–H and O–H groups in total. The van der Waals surface area contributed by atoms with Crippen LogP contribution in [-0.2, 0) is 4.74 Å². The molecule has 0 aromatic carbocycles. The Bertz CT molecular complexity index is 373. The number of hydrogen-bond donors (Lipinski definition) is 0. The number of aldehydes is 1. The fourth-order valence-electron chi connectivity index (χ4n) is 2.15. The van der Waals surface area contributed by atoms with E-state index in [1.807, 2.05) is 6.07 Å². The molecule has 0 amide bonds. The highest BCUT2D eigenvalue weighted by Gasteiger charge is 2.32. The Morgan fingerprint density at radius 2 is 2.41 bits per heavy atom. The van der Waals surface area contributed by atoms with Crippen LogP contribution in [-0.4, -0.2) is 32.6 Å². The molecule has 94 valence electrons. The lowest BCUT2D eigenvalue weighted by Gasteiger charge is -2.30. The van der Waals surface area contributed by atoms with Gasteiger partial charge in [-0.15, -0.1) is 11.3 Å². The summed E-state index contributed by atoms with van der Waals surface area (Å²) < 4.78 is 5.17. The second-order valence-electron chi connectivity index (χ2n) is 4.59. The van der Waals surface area contributed by atoms with E-state index < -0.39 is 0 Å². The second-order valence-corrected chi connectivity index (χ2v) is 5.53. The molecule has 1 aliphatic carbocycles. The van der Waals surface area contributed by atoms with Crippen molar-refractivity contribution < 1.29 is 9.53 Å². The quantitative estimate of drug-likeness (QED) is 0.700. The first kappa shape index (κ1) is 12.6. The average molecular weight is 253 g/mol. The van der Waals surface area contributed by atoms with Crippen molar-refractivity contribution in [3.05, 3.63) is 16.3 Å². The van der Waals surface area contributed by atoms with E-state index in [1.54, 1.807) is 7.11 Å². The first-order chi connectivity index (χ1) is 8.26. The van der Waals surface area contributed by atoms with Crippen LogP contribution in [0.1, 0.15) is 29.4 Å². The Morgan fingerprint density at radius 3 is 2.94 bits per heavy atom. The SMILES string of the molecule is COCCN(c1csc(C=O)c1)C(C)C1CC1. The van der Waals surface area contributed by atoms with Gasteiger partial charge in [0.05, 0.1) is 11.5 Å². The van der Waals surface area contributed by atoms with Gasteiger partial charge in [-0.05, 0) is 31.7 Å². The lowest BCUT2D eigenvalue weighted by atomic mass is 10.1. The van der Waals surface area contributed by atoms with Gasteiger partial charge in [0.2, 0.25) is 0 Å². The predicted octanol–water partition coefficient (Wildman–Crippen LogP) is 2.81. The molecular formula is C13H19NO2S. The molecule has 4 heteroatoms. The molecule has 1 atom stereocenters. The van der Waals surface area contributed by atoms with Gasteiger partial charge in [-0.3, -0.25) is 4.79 Å². The fourth-order valence-corrected chi connectivity index (χ4v) is 2.85. The summed E-state index contributed by atoms with van der Waals surface area (Å²) in [6.07, 6.45) is 3.58. The molecule has 0 radical (unpaired) electrons. The number of nitrogens with zero attached hydrogens (tertiary/aromatic N) is 1. The molecule has 1 aliphatic rings. The van der Waals surface area contributed by atoms with Crippen molar-refractivity contribution >= 4 is 23.3 Å². The zero-order valence-corrected chi connectivity index (χ0v) is 11.2. The number of anilines is 1. The number of methoxy groups -OCH3 is 1. The summed E-state index contributed by atoms with van der Waals surface area (Å²) in [6, 6.07) is 2.52. The van der Waals surface area contributed by atoms with Crippen LogP contribution in [0.5, 0.6) is 0 Å². The zero-order valence-electron chi connectivity index (χ0n) is 10.4. The molecule has 1 unspecified atom stereocenters. The lowest BCUT2D eigenvalue weighted by Crippen LogP contribution is -2.37. The van der Waals surface area contributed by atoms with Gasteiger partial charge in [-0.1, -0.05) is 0 Å². The number of rotatable bonds is 7. The summed E-state index contributed by atoms with van der Waals surface area (Å²) in [7, 11) is 1.73. The minimum atomic E-state index is 0.541. The van der Waals surface area contributed by atoms with Gasteiger partial charge in [0.25, 0.3) is 0 Å². The lowest BCUT2D eigenvalue weighted by molar-refractivity contribution is 0.112. The number of carbonyl (C=O) groups is 1. The molecule has 1 heterocycles. The van der Waals surface area contributed by atoms with E-state index in [-0.39, 0.29) is 0 Å². The van der Waals surface area contributed by atoms with Crippen molar-refractivity contribution in [3.63, 3.8) is 0 Å². The maximum atomic E-state index is 10.7. The molecule has 1 aromatic heterocycles. The van der Waals surface area contributed by atoms with Gasteiger partial charge in [0.1, 0.15) is 0 Å². The number of hydrogen-bond acceptors (Lipinski definition) is 4. The highest BCUT2D eigenvalue weighted by molar-refractivity contribution is 7.12. The van der Waals surface area contributed by atoms with Crippen molar-refractivity contribution in [1.29, 1.82) is 0 Å². The van der Waals surface area contributed by atoms with Crippen molar-refractivity contribution in [2.24, 2.45) is 5.92 Å². The van der Waals surface area contributed by atoms with Crippen LogP contribution in [0, 0.1) is 5.92 Å². The minimum absolute atomic E-state index is 0.541. The topological polar surface area (TPSA) is 29.5 Å². The van der Waals surface area contributed by atoms with E-state index in [0.29, 0.717) is 6.04 Å². The highest BCUT2D eigenvalue weighted by Crippen LogP contribution is 2.37. The maximum absolute atomic E-state index is 10.7. The Morgan fingerprint density at radius 1 is 1.65 bits per heavy atom. The smallest absolute Gasteiger partial charge is 0.160 e. The van der Waals surface area contributed by atoms with Gasteiger partial charge in [0, 0.05) is 30.8 Å². The Hall–Kier alpha value is -0.870. The van der Waals surface area contributed by atoms with Gasteiger partial charge in [-0.2, -0.15) is 0 Å². The molecule has 1 saturated carbocycles. The van der Waals surface area contributed by atoms with Crippen LogP contribution in [0.15, 0.2) is 11.4 Å². The van der Waals surface area contributed by atoms with Crippen LogP contribution < -0.4 is 4.90 Å². The van der Waals surface area contributed by atoms with E-state index in [9.17, 15) is 4.79 Å². The van der Waals surface area contributed by atoms with Crippen LogP contribution in [0.4, 0.5) is 5.69 Å². The summed E-state index contributed by atoms with van der Waals surface area (Å²) >= 11 is 1.51. The normalized spacial score (nSPS) is 16.8. The van der Waals surface area contributed by atoms with E-state index in [0.717, 1.165) is 35.9 Å². The molecule has 0 bridgehead atoms. The number of ether oxygens (including phenoxy) is 1. The van der Waals surface area contributed by atoms with Crippen molar-refractivity contribution in [2.45, 2.75) is 25.8 Å². The highest BCUT2D eigenvalue weighted by atomic mass is 32.1. The van der Waals surface area contributed by atoms with Crippen LogP contribution in [0.25, 0.3) is 0 Å². The van der Waals surface area contributed by atoms with E-state index in [2.05, 4.69) is 17.2 Å². The number of carbonyl (C=O) groups excluding carboxylic acids is 1. The molecule has 0 spiro atoms. The molecule has 17 heavy (non-hydrogen) atoms. The fraction of sp³-hybridized carbons (Fsp3) is 0.615. The molecule has 1 aromatic rings. The summed E-state index contributed by atoms with van der Waals surface area (Å²) in [5.74, 6) is 0.812. The van der Waals surface area contributed by atoms with Crippen molar-refractivity contribution in [1.82, 2.24) is 0 Å². The van der Waals surface area contributed by atoms with Crippen LogP contribution in [0.3, 0.4) is 0 Å². The van der Waals surface area contributed by atoms with E-state index in [4.69, 9.17) is 4.74 Å². The minimum Gasteiger partial charge on any atom is -0.383 e. The maximum Gasteiger partial charge on any atom is 0.160 e. The third kappa shape index (κ3) is 3.07. The van der Waals surface area contributed by atoms with Crippen molar-refractivity contribution in [2.75, 3.05) is 25.2 Å². The van der Waals surface area contributed by atoms with Crippen LogP contribution in [0.2, 0.25) is 0 Å². The molecule has 1 fully saturated rings.